The first-order valence-electron chi connectivity index (χ1n) is 9.75. The van der Waals surface area contributed by atoms with E-state index in [0.29, 0.717) is 0 Å². The SMILES string of the molecule is CCN.CN(C)CCN.CN1CCCCC1.NCCN1CCOCC1. The summed E-state index contributed by atoms with van der Waals surface area (Å²) >= 11 is 0. The maximum absolute atomic E-state index is 5.38. The van der Waals surface area contributed by atoms with Crippen LogP contribution in [0.4, 0.5) is 0 Å². The molecule has 0 bridgehead atoms. The topological polar surface area (TPSA) is 97.0 Å². The number of nitrogens with two attached hydrogens (primary N) is 3. The molecule has 154 valence electrons. The molecule has 0 spiro atoms. The maximum atomic E-state index is 5.38. The van der Waals surface area contributed by atoms with Crippen LogP contribution in [-0.2, 0) is 4.74 Å². The summed E-state index contributed by atoms with van der Waals surface area (Å²) in [6, 6.07) is 0. The fraction of sp³-hybridized carbons (Fsp3) is 1.00. The van der Waals surface area contributed by atoms with E-state index in [2.05, 4.69) is 21.7 Å². The lowest BCUT2D eigenvalue weighted by atomic mass is 10.1. The molecule has 2 aliphatic heterocycles. The summed E-state index contributed by atoms with van der Waals surface area (Å²) < 4.78 is 5.16. The van der Waals surface area contributed by atoms with Crippen LogP contribution in [0.5, 0.6) is 0 Å². The number of ether oxygens (including phenoxy) is 1. The van der Waals surface area contributed by atoms with Crippen molar-refractivity contribution in [3.63, 3.8) is 0 Å². The maximum Gasteiger partial charge on any atom is 0.0594 e. The second-order valence-corrected chi connectivity index (χ2v) is 6.61. The first kappa shape index (κ1) is 26.9. The highest BCUT2D eigenvalue weighted by molar-refractivity contribution is 4.61. The van der Waals surface area contributed by atoms with Gasteiger partial charge in [0.2, 0.25) is 0 Å². The minimum absolute atomic E-state index is 0.750. The van der Waals surface area contributed by atoms with Gasteiger partial charge in [-0.25, -0.2) is 0 Å². The van der Waals surface area contributed by atoms with Crippen LogP contribution in [0.1, 0.15) is 26.2 Å². The van der Waals surface area contributed by atoms with Gasteiger partial charge in [-0.1, -0.05) is 13.3 Å². The van der Waals surface area contributed by atoms with Crippen molar-refractivity contribution in [2.75, 3.05) is 93.3 Å². The zero-order chi connectivity index (χ0) is 19.3. The average Bonchev–Trinajstić information content (AvgIpc) is 2.59. The Balaban J connectivity index is 0. The van der Waals surface area contributed by atoms with Crippen LogP contribution in [0.3, 0.4) is 0 Å². The van der Waals surface area contributed by atoms with Gasteiger partial charge in [-0.3, -0.25) is 4.90 Å². The molecular formula is C18H46N6O. The number of morpholine rings is 1. The highest BCUT2D eigenvalue weighted by Gasteiger charge is 2.07. The van der Waals surface area contributed by atoms with E-state index in [1.165, 1.54) is 32.4 Å². The first-order chi connectivity index (χ1) is 12.0. The number of nitrogens with zero attached hydrogens (tertiary/aromatic N) is 3. The summed E-state index contributed by atoms with van der Waals surface area (Å²) in [5.74, 6) is 0. The summed E-state index contributed by atoms with van der Waals surface area (Å²) in [5, 5.41) is 0. The van der Waals surface area contributed by atoms with Gasteiger partial charge in [-0.05, 0) is 53.6 Å². The van der Waals surface area contributed by atoms with Crippen LogP contribution in [-0.4, -0.2) is 108 Å². The molecule has 0 aromatic heterocycles. The summed E-state index contributed by atoms with van der Waals surface area (Å²) in [6.45, 7) is 12.7. The molecule has 0 amide bonds. The zero-order valence-corrected chi connectivity index (χ0v) is 17.4. The van der Waals surface area contributed by atoms with Crippen molar-refractivity contribution >= 4 is 0 Å². The van der Waals surface area contributed by atoms with Crippen molar-refractivity contribution < 1.29 is 4.74 Å². The van der Waals surface area contributed by atoms with Crippen molar-refractivity contribution in [1.29, 1.82) is 0 Å². The third-order valence-electron chi connectivity index (χ3n) is 3.71. The molecule has 2 aliphatic rings. The van der Waals surface area contributed by atoms with Gasteiger partial charge >= 0.3 is 0 Å². The summed E-state index contributed by atoms with van der Waals surface area (Å²) in [7, 11) is 6.21. The Kier molecular flexibility index (Phi) is 23.5. The van der Waals surface area contributed by atoms with Crippen LogP contribution < -0.4 is 17.2 Å². The van der Waals surface area contributed by atoms with Crippen LogP contribution in [0.15, 0.2) is 0 Å². The van der Waals surface area contributed by atoms with Crippen molar-refractivity contribution in [1.82, 2.24) is 14.7 Å². The van der Waals surface area contributed by atoms with Gasteiger partial charge in [-0.15, -0.1) is 0 Å². The van der Waals surface area contributed by atoms with Crippen molar-refractivity contribution in [2.45, 2.75) is 26.2 Å². The number of likely N-dealkylation sites (N-methyl/N-ethyl adjacent to an activating group) is 1. The number of hydrogen-bond donors (Lipinski definition) is 3. The summed E-state index contributed by atoms with van der Waals surface area (Å²) in [4.78, 5) is 6.77. The standard InChI is InChI=1S/C6H14N2O.C6H13N.C4H12N2.C2H7N/c7-1-2-8-3-5-9-6-4-8;1-7-5-3-2-4-6-7;1-6(2)4-3-5;1-2-3/h1-7H2;2-6H2,1H3;3-5H2,1-2H3;2-3H2,1H3. The van der Waals surface area contributed by atoms with Gasteiger partial charge in [0.25, 0.3) is 0 Å². The molecule has 0 aromatic carbocycles. The lowest BCUT2D eigenvalue weighted by Crippen LogP contribution is -2.39. The molecule has 6 N–H and O–H groups in total. The van der Waals surface area contributed by atoms with Crippen LogP contribution in [0.25, 0.3) is 0 Å². The minimum atomic E-state index is 0.750. The van der Waals surface area contributed by atoms with Gasteiger partial charge in [0, 0.05) is 39.3 Å². The number of rotatable bonds is 4. The van der Waals surface area contributed by atoms with Gasteiger partial charge < -0.3 is 31.7 Å². The highest BCUT2D eigenvalue weighted by Crippen LogP contribution is 2.04. The fourth-order valence-electron chi connectivity index (χ4n) is 2.32. The molecule has 2 fully saturated rings. The highest BCUT2D eigenvalue weighted by atomic mass is 16.5. The second-order valence-electron chi connectivity index (χ2n) is 6.61. The Morgan fingerprint density at radius 1 is 0.880 bits per heavy atom. The van der Waals surface area contributed by atoms with Gasteiger partial charge in [0.05, 0.1) is 13.2 Å². The largest absolute Gasteiger partial charge is 0.379 e. The van der Waals surface area contributed by atoms with E-state index in [0.717, 1.165) is 59.0 Å². The normalized spacial score (nSPS) is 18.2. The fourth-order valence-corrected chi connectivity index (χ4v) is 2.32. The molecule has 0 unspecified atom stereocenters. The van der Waals surface area contributed by atoms with Crippen LogP contribution in [0.2, 0.25) is 0 Å². The molecule has 25 heavy (non-hydrogen) atoms. The third kappa shape index (κ3) is 23.7. The number of piperidine rings is 1. The lowest BCUT2D eigenvalue weighted by Gasteiger charge is -2.25. The van der Waals surface area contributed by atoms with E-state index in [4.69, 9.17) is 21.9 Å². The average molecular weight is 363 g/mol. The van der Waals surface area contributed by atoms with E-state index < -0.39 is 0 Å². The Hall–Kier alpha value is -0.280. The molecule has 2 saturated heterocycles. The molecular weight excluding hydrogens is 316 g/mol. The Labute approximate surface area is 156 Å². The molecule has 0 saturated carbocycles. The summed E-state index contributed by atoms with van der Waals surface area (Å²) in [6.07, 6.45) is 4.28. The predicted molar refractivity (Wildman–Crippen MR) is 110 cm³/mol. The van der Waals surface area contributed by atoms with Gasteiger partial charge in [-0.2, -0.15) is 0 Å². The van der Waals surface area contributed by atoms with Crippen molar-refractivity contribution in [2.24, 2.45) is 17.2 Å². The third-order valence-corrected chi connectivity index (χ3v) is 3.71. The van der Waals surface area contributed by atoms with Crippen molar-refractivity contribution in [3.8, 4) is 0 Å². The van der Waals surface area contributed by atoms with Gasteiger partial charge in [0.15, 0.2) is 0 Å². The minimum Gasteiger partial charge on any atom is -0.379 e. The Bertz CT molecular complexity index is 229. The smallest absolute Gasteiger partial charge is 0.0594 e. The summed E-state index contributed by atoms with van der Waals surface area (Å²) in [5.41, 5.74) is 15.4. The van der Waals surface area contributed by atoms with Crippen molar-refractivity contribution in [3.05, 3.63) is 0 Å². The first-order valence-corrected chi connectivity index (χ1v) is 9.75. The van der Waals surface area contributed by atoms with E-state index >= 15 is 0 Å². The number of likely N-dealkylation sites (tertiary alicyclic amines) is 1. The van der Waals surface area contributed by atoms with Crippen LogP contribution >= 0.6 is 0 Å². The van der Waals surface area contributed by atoms with Crippen LogP contribution in [0, 0.1) is 0 Å². The second kappa shape index (κ2) is 21.8. The molecule has 0 radical (unpaired) electrons. The van der Waals surface area contributed by atoms with E-state index in [1.807, 2.05) is 21.0 Å². The molecule has 7 nitrogen and oxygen atoms in total. The zero-order valence-electron chi connectivity index (χ0n) is 17.4. The molecule has 2 rings (SSSR count). The monoisotopic (exact) mass is 362 g/mol. The molecule has 7 heteroatoms. The predicted octanol–water partition coefficient (Wildman–Crippen LogP) is -0.149. The molecule has 0 aromatic rings. The molecule has 2 heterocycles. The Morgan fingerprint density at radius 2 is 1.40 bits per heavy atom. The molecule has 0 atom stereocenters. The van der Waals surface area contributed by atoms with E-state index in [9.17, 15) is 0 Å². The molecule has 0 aliphatic carbocycles. The quantitative estimate of drug-likeness (QED) is 0.640. The lowest BCUT2D eigenvalue weighted by molar-refractivity contribution is 0.0394. The number of hydrogen-bond acceptors (Lipinski definition) is 7. The van der Waals surface area contributed by atoms with E-state index in [1.54, 1.807) is 0 Å². The van der Waals surface area contributed by atoms with Gasteiger partial charge in [0.1, 0.15) is 0 Å². The Morgan fingerprint density at radius 3 is 1.68 bits per heavy atom. The van der Waals surface area contributed by atoms with E-state index in [-0.39, 0.29) is 0 Å².